The van der Waals surface area contributed by atoms with Crippen LogP contribution < -0.4 is 10.6 Å². The molecule has 27 heavy (non-hydrogen) atoms. The fraction of sp³-hybridized carbons (Fsp3) is 0.400. The second-order valence-corrected chi connectivity index (χ2v) is 7.50. The molecule has 2 N–H and O–H groups in total. The summed E-state index contributed by atoms with van der Waals surface area (Å²) in [4.78, 5) is 41.1. The number of amides is 2. The second-order valence-electron chi connectivity index (χ2n) is 6.50. The number of ketones is 2. The number of thiazole rings is 1. The molecule has 0 aliphatic rings. The van der Waals surface area contributed by atoms with Gasteiger partial charge in [-0.05, 0) is 32.4 Å². The van der Waals surface area contributed by atoms with E-state index < -0.39 is 6.03 Å². The fourth-order valence-corrected chi connectivity index (χ4v) is 3.55. The van der Waals surface area contributed by atoms with Gasteiger partial charge in [-0.15, -0.1) is 0 Å². The topological polar surface area (TPSA) is 88.2 Å². The van der Waals surface area contributed by atoms with E-state index in [1.165, 1.54) is 6.92 Å². The number of nitrogens with zero attached hydrogens (tertiary/aromatic N) is 1. The smallest absolute Gasteiger partial charge is 0.307 e. The lowest BCUT2D eigenvalue weighted by Gasteiger charge is -2.11. The van der Waals surface area contributed by atoms with Crippen molar-refractivity contribution in [1.29, 1.82) is 0 Å². The SMILES string of the molecule is CCCCCC(=O)c1cc(C)ccc1NC(=O)Nc1nc(C)c(C(C)=O)s1. The Bertz CT molecular complexity index is 858. The summed E-state index contributed by atoms with van der Waals surface area (Å²) in [6.45, 7) is 7.19. The molecule has 2 aromatic rings. The van der Waals surface area contributed by atoms with Gasteiger partial charge >= 0.3 is 6.03 Å². The van der Waals surface area contributed by atoms with E-state index in [-0.39, 0.29) is 11.6 Å². The maximum absolute atomic E-state index is 12.5. The van der Waals surface area contributed by atoms with E-state index in [2.05, 4.69) is 22.5 Å². The van der Waals surface area contributed by atoms with Crippen LogP contribution in [-0.2, 0) is 0 Å². The van der Waals surface area contributed by atoms with Gasteiger partial charge in [0.15, 0.2) is 16.7 Å². The van der Waals surface area contributed by atoms with Crippen LogP contribution >= 0.6 is 11.3 Å². The predicted molar refractivity (Wildman–Crippen MR) is 109 cm³/mol. The number of hydrogen-bond donors (Lipinski definition) is 2. The summed E-state index contributed by atoms with van der Waals surface area (Å²) in [5.74, 6) is -0.0663. The molecule has 1 aromatic carbocycles. The monoisotopic (exact) mass is 387 g/mol. The maximum Gasteiger partial charge on any atom is 0.325 e. The number of carbonyl (C=O) groups is 3. The van der Waals surface area contributed by atoms with Crippen LogP contribution in [0.2, 0.25) is 0 Å². The third-order valence-corrected chi connectivity index (χ3v) is 5.24. The Balaban J connectivity index is 2.12. The lowest BCUT2D eigenvalue weighted by Crippen LogP contribution is -2.21. The number of urea groups is 1. The van der Waals surface area contributed by atoms with E-state index >= 15 is 0 Å². The van der Waals surface area contributed by atoms with Crippen LogP contribution in [0.25, 0.3) is 0 Å². The number of benzene rings is 1. The number of aryl methyl sites for hydroxylation is 2. The quantitative estimate of drug-likeness (QED) is 0.471. The summed E-state index contributed by atoms with van der Waals surface area (Å²) >= 11 is 1.13. The van der Waals surface area contributed by atoms with Gasteiger partial charge in [0.1, 0.15) is 0 Å². The first-order valence-corrected chi connectivity index (χ1v) is 9.83. The molecule has 0 atom stereocenters. The lowest BCUT2D eigenvalue weighted by atomic mass is 10.0. The molecule has 2 amide bonds. The van der Waals surface area contributed by atoms with Crippen LogP contribution in [0.3, 0.4) is 0 Å². The molecule has 0 bridgehead atoms. The first-order chi connectivity index (χ1) is 12.8. The van der Waals surface area contributed by atoms with Crippen molar-refractivity contribution in [1.82, 2.24) is 4.98 Å². The molecule has 0 aliphatic heterocycles. The van der Waals surface area contributed by atoms with E-state index in [0.29, 0.717) is 33.4 Å². The Morgan fingerprint density at radius 1 is 1.11 bits per heavy atom. The number of aromatic nitrogens is 1. The van der Waals surface area contributed by atoms with Gasteiger partial charge < -0.3 is 5.32 Å². The molecule has 0 saturated carbocycles. The first-order valence-electron chi connectivity index (χ1n) is 9.02. The Hall–Kier alpha value is -2.54. The molecule has 1 heterocycles. The van der Waals surface area contributed by atoms with Gasteiger partial charge in [-0.3, -0.25) is 14.9 Å². The van der Waals surface area contributed by atoms with Gasteiger partial charge in [-0.2, -0.15) is 0 Å². The summed E-state index contributed by atoms with van der Waals surface area (Å²) in [5.41, 5.74) is 2.53. The summed E-state index contributed by atoms with van der Waals surface area (Å²) in [6.07, 6.45) is 3.34. The first kappa shape index (κ1) is 20.8. The van der Waals surface area contributed by atoms with Crippen LogP contribution in [0.1, 0.15) is 70.8 Å². The molecular formula is C20H25N3O3S. The van der Waals surface area contributed by atoms with Gasteiger partial charge in [0.25, 0.3) is 0 Å². The largest absolute Gasteiger partial charge is 0.325 e. The Morgan fingerprint density at radius 2 is 1.85 bits per heavy atom. The van der Waals surface area contributed by atoms with Gasteiger partial charge in [-0.1, -0.05) is 42.7 Å². The summed E-state index contributed by atoms with van der Waals surface area (Å²) in [5, 5.41) is 5.71. The van der Waals surface area contributed by atoms with E-state index in [1.807, 2.05) is 13.0 Å². The molecule has 0 unspecified atom stereocenters. The van der Waals surface area contributed by atoms with Gasteiger partial charge in [0, 0.05) is 18.9 Å². The molecule has 0 radical (unpaired) electrons. The molecule has 0 aliphatic carbocycles. The normalized spacial score (nSPS) is 10.5. The Morgan fingerprint density at radius 3 is 2.48 bits per heavy atom. The highest BCUT2D eigenvalue weighted by molar-refractivity contribution is 7.17. The Kier molecular flexibility index (Phi) is 7.24. The fourth-order valence-electron chi connectivity index (χ4n) is 2.70. The minimum atomic E-state index is -0.495. The van der Waals surface area contributed by atoms with Crippen molar-refractivity contribution in [3.63, 3.8) is 0 Å². The summed E-state index contributed by atoms with van der Waals surface area (Å²) in [6, 6.07) is 4.88. The average molecular weight is 388 g/mol. The van der Waals surface area contributed by atoms with E-state index in [9.17, 15) is 14.4 Å². The molecular weight excluding hydrogens is 362 g/mol. The standard InChI is InChI=1S/C20H25N3O3S/c1-5-6-7-8-17(25)15-11-12(2)9-10-16(15)22-19(26)23-20-21-13(3)18(27-20)14(4)24/h9-11H,5-8H2,1-4H3,(H2,21,22,23,26). The van der Waals surface area contributed by atoms with Crippen LogP contribution in [0.5, 0.6) is 0 Å². The van der Waals surface area contributed by atoms with Crippen molar-refractivity contribution in [3.05, 3.63) is 39.9 Å². The van der Waals surface area contributed by atoms with Crippen LogP contribution in [-0.4, -0.2) is 22.6 Å². The molecule has 2 rings (SSSR count). The third kappa shape index (κ3) is 5.72. The lowest BCUT2D eigenvalue weighted by molar-refractivity contribution is 0.0978. The Labute approximate surface area is 163 Å². The van der Waals surface area contributed by atoms with Crippen molar-refractivity contribution in [2.75, 3.05) is 10.6 Å². The molecule has 6 nitrogen and oxygen atoms in total. The predicted octanol–water partition coefficient (Wildman–Crippen LogP) is 5.37. The number of Topliss-reactive ketones (excluding diaryl/α,β-unsaturated/α-hetero) is 2. The van der Waals surface area contributed by atoms with Crippen LogP contribution in [0, 0.1) is 13.8 Å². The van der Waals surface area contributed by atoms with Crippen LogP contribution in [0.4, 0.5) is 15.6 Å². The molecule has 0 saturated heterocycles. The molecule has 7 heteroatoms. The number of nitrogens with one attached hydrogen (secondary N) is 2. The molecule has 0 fully saturated rings. The van der Waals surface area contributed by atoms with Crippen molar-refractivity contribution < 1.29 is 14.4 Å². The van der Waals surface area contributed by atoms with Gasteiger partial charge in [0.2, 0.25) is 0 Å². The van der Waals surface area contributed by atoms with Gasteiger partial charge in [0.05, 0.1) is 16.3 Å². The van der Waals surface area contributed by atoms with E-state index in [0.717, 1.165) is 36.2 Å². The number of hydrogen-bond acceptors (Lipinski definition) is 5. The van der Waals surface area contributed by atoms with Gasteiger partial charge in [-0.25, -0.2) is 9.78 Å². The number of carbonyl (C=O) groups excluding carboxylic acids is 3. The highest BCUT2D eigenvalue weighted by atomic mass is 32.1. The number of anilines is 2. The zero-order valence-corrected chi connectivity index (χ0v) is 17.0. The van der Waals surface area contributed by atoms with E-state index in [1.54, 1.807) is 19.1 Å². The highest BCUT2D eigenvalue weighted by Crippen LogP contribution is 2.24. The maximum atomic E-state index is 12.5. The number of rotatable bonds is 8. The van der Waals surface area contributed by atoms with Crippen LogP contribution in [0.15, 0.2) is 18.2 Å². The average Bonchev–Trinajstić information content (AvgIpc) is 2.97. The summed E-state index contributed by atoms with van der Waals surface area (Å²) in [7, 11) is 0. The van der Waals surface area contributed by atoms with Crippen molar-refractivity contribution in [3.8, 4) is 0 Å². The molecule has 1 aromatic heterocycles. The van der Waals surface area contributed by atoms with Crippen molar-refractivity contribution in [2.45, 2.75) is 53.4 Å². The minimum Gasteiger partial charge on any atom is -0.307 e. The third-order valence-electron chi connectivity index (χ3n) is 4.07. The minimum absolute atomic E-state index is 0.0198. The summed E-state index contributed by atoms with van der Waals surface area (Å²) < 4.78 is 0. The molecule has 0 spiro atoms. The zero-order chi connectivity index (χ0) is 20.0. The van der Waals surface area contributed by atoms with Crippen molar-refractivity contribution >= 4 is 39.8 Å². The number of unbranched alkanes of at least 4 members (excludes halogenated alkanes) is 2. The van der Waals surface area contributed by atoms with E-state index in [4.69, 9.17) is 0 Å². The zero-order valence-electron chi connectivity index (χ0n) is 16.1. The van der Waals surface area contributed by atoms with Crippen molar-refractivity contribution in [2.24, 2.45) is 0 Å². The second kappa shape index (κ2) is 9.41. The molecule has 144 valence electrons. The highest BCUT2D eigenvalue weighted by Gasteiger charge is 2.16.